The molecule has 0 saturated carbocycles. The molecule has 2 aromatic heterocycles. The minimum Gasteiger partial charge on any atom is -0.507 e. The molecule has 0 bridgehead atoms. The fourth-order valence-corrected chi connectivity index (χ4v) is 4.77. The molecule has 262 valence electrons. The first kappa shape index (κ1) is 40.0. The molecule has 2 aromatic carbocycles. The second-order valence-electron chi connectivity index (χ2n) is 11.5. The maximum atomic E-state index is 13.9. The van der Waals surface area contributed by atoms with Crippen LogP contribution in [-0.2, 0) is 27.4 Å². The van der Waals surface area contributed by atoms with Gasteiger partial charge < -0.3 is 30.4 Å². The number of methoxy groups -OCH3 is 1. The number of nitrogens with zero attached hydrogens (tertiary/aromatic N) is 3. The number of phenols is 1. The lowest BCUT2D eigenvalue weighted by molar-refractivity contribution is -0.157. The Balaban J connectivity index is 0.000000620. The molecule has 0 aliphatic heterocycles. The summed E-state index contributed by atoms with van der Waals surface area (Å²) < 4.78 is 32.0. The van der Waals surface area contributed by atoms with E-state index in [0.29, 0.717) is 31.7 Å². The second-order valence-corrected chi connectivity index (χ2v) is 11.9. The van der Waals surface area contributed by atoms with Gasteiger partial charge in [0.1, 0.15) is 29.3 Å². The summed E-state index contributed by atoms with van der Waals surface area (Å²) >= 11 is 6.05. The summed E-state index contributed by atoms with van der Waals surface area (Å²) in [5, 5.41) is 17.5. The number of ether oxygens (including phenoxy) is 3. The number of aryl methyl sites for hydroxylation is 1. The average molecular weight is 686 g/mol. The number of anilines is 1. The third-order valence-electron chi connectivity index (χ3n) is 6.61. The summed E-state index contributed by atoms with van der Waals surface area (Å²) in [6, 6.07) is 13.6. The van der Waals surface area contributed by atoms with E-state index in [1.807, 2.05) is 78.1 Å². The van der Waals surface area contributed by atoms with Gasteiger partial charge in [-0.05, 0) is 64.4 Å². The smallest absolute Gasteiger partial charge is 0.323 e. The molecule has 12 heteroatoms. The zero-order chi connectivity index (χ0) is 35.9. The van der Waals surface area contributed by atoms with Crippen LogP contribution in [0, 0.1) is 5.82 Å². The monoisotopic (exact) mass is 685 g/mol. The van der Waals surface area contributed by atoms with E-state index in [1.165, 1.54) is 11.6 Å². The molecule has 4 rings (SSSR count). The molecule has 2 heterocycles. The fourth-order valence-electron chi connectivity index (χ4n) is 4.46. The summed E-state index contributed by atoms with van der Waals surface area (Å²) in [6.45, 7) is 14.9. The molecule has 4 aromatic rings. The Hall–Kier alpha value is -4.19. The van der Waals surface area contributed by atoms with Gasteiger partial charge in [0.25, 0.3) is 0 Å². The largest absolute Gasteiger partial charge is 0.507 e. The van der Waals surface area contributed by atoms with Crippen molar-refractivity contribution in [1.82, 2.24) is 20.1 Å². The van der Waals surface area contributed by atoms with Crippen LogP contribution in [-0.4, -0.2) is 51.1 Å². The van der Waals surface area contributed by atoms with Crippen molar-refractivity contribution in [2.24, 2.45) is 0 Å². The number of rotatable bonds is 12. The van der Waals surface area contributed by atoms with Gasteiger partial charge in [-0.25, -0.2) is 9.37 Å². The highest BCUT2D eigenvalue weighted by molar-refractivity contribution is 6.31. The number of nitrogen functional groups attached to an aromatic ring is 1. The Morgan fingerprint density at radius 3 is 2.44 bits per heavy atom. The summed E-state index contributed by atoms with van der Waals surface area (Å²) in [7, 11) is 1.70. The average Bonchev–Trinajstić information content (AvgIpc) is 3.52. The zero-order valence-corrected chi connectivity index (χ0v) is 29.8. The minimum absolute atomic E-state index is 0.111. The molecule has 0 fully saturated rings. The molecular weight excluding hydrogens is 637 g/mol. The van der Waals surface area contributed by atoms with Crippen LogP contribution in [0.25, 0.3) is 11.1 Å². The van der Waals surface area contributed by atoms with E-state index < -0.39 is 23.6 Å². The van der Waals surface area contributed by atoms with Gasteiger partial charge in [-0.1, -0.05) is 62.7 Å². The molecule has 0 amide bonds. The van der Waals surface area contributed by atoms with Gasteiger partial charge in [-0.15, -0.1) is 0 Å². The quantitative estimate of drug-likeness (QED) is 0.128. The van der Waals surface area contributed by atoms with Crippen molar-refractivity contribution >= 4 is 23.4 Å². The van der Waals surface area contributed by atoms with Crippen molar-refractivity contribution < 1.29 is 28.5 Å². The number of benzene rings is 2. The van der Waals surface area contributed by atoms with Crippen LogP contribution in [0.3, 0.4) is 0 Å². The number of aromatic nitrogens is 3. The number of likely N-dealkylation sites (N-methyl/N-ethyl adjacent to an activating group) is 1. The van der Waals surface area contributed by atoms with Crippen LogP contribution in [0.2, 0.25) is 5.02 Å². The van der Waals surface area contributed by atoms with Crippen LogP contribution in [0.15, 0.2) is 67.1 Å². The second kappa shape index (κ2) is 19.6. The standard InChI is InChI=1S/C26H33ClFN5O4.C8H10O.C2H6/c1-6-30-19(25(35)37-26(3,4)5)9-10-33-14-17(13-32-33)16-11-21(24(29)31-12-16)36-15(2)22-20(34)8-7-18(28)23(22)27;1-9-7-8-5-3-2-4-6-8;1-2/h7-8,11-15,19,30,34H,6,9-10H2,1-5H3,(H2,29,31);2-6H,7H2,1H3;1-2H3/t15?,19-;;/m0../s1. The molecule has 0 saturated heterocycles. The number of hydrogen-bond donors (Lipinski definition) is 3. The molecule has 0 aliphatic rings. The van der Waals surface area contributed by atoms with E-state index in [2.05, 4.69) is 15.4 Å². The Morgan fingerprint density at radius 2 is 1.81 bits per heavy atom. The lowest BCUT2D eigenvalue weighted by Crippen LogP contribution is -2.41. The van der Waals surface area contributed by atoms with Crippen molar-refractivity contribution in [2.45, 2.75) is 85.8 Å². The van der Waals surface area contributed by atoms with Gasteiger partial charge in [-0.3, -0.25) is 9.48 Å². The van der Waals surface area contributed by atoms with Crippen molar-refractivity contribution in [3.63, 3.8) is 0 Å². The summed E-state index contributed by atoms with van der Waals surface area (Å²) in [5.41, 5.74) is 8.22. The van der Waals surface area contributed by atoms with Crippen molar-refractivity contribution in [3.05, 3.63) is 89.1 Å². The number of pyridine rings is 1. The van der Waals surface area contributed by atoms with Crippen molar-refractivity contribution in [2.75, 3.05) is 19.4 Å². The predicted molar refractivity (Wildman–Crippen MR) is 188 cm³/mol. The van der Waals surface area contributed by atoms with E-state index in [1.54, 1.807) is 37.2 Å². The number of nitrogens with one attached hydrogen (secondary N) is 1. The van der Waals surface area contributed by atoms with E-state index in [0.717, 1.165) is 11.6 Å². The van der Waals surface area contributed by atoms with Crippen LogP contribution in [0.5, 0.6) is 11.5 Å². The molecule has 0 spiro atoms. The Bertz CT molecular complexity index is 1560. The highest BCUT2D eigenvalue weighted by Crippen LogP contribution is 2.37. The number of carbonyl (C=O) groups is 1. The number of aromatic hydroxyl groups is 1. The molecule has 0 radical (unpaired) electrons. The summed E-state index contributed by atoms with van der Waals surface area (Å²) in [5.74, 6) is -0.786. The molecule has 10 nitrogen and oxygen atoms in total. The summed E-state index contributed by atoms with van der Waals surface area (Å²) in [6.07, 6.45) is 4.77. The third kappa shape index (κ3) is 12.4. The normalized spacial score (nSPS) is 12.1. The van der Waals surface area contributed by atoms with E-state index in [-0.39, 0.29) is 33.9 Å². The number of halogens is 2. The van der Waals surface area contributed by atoms with Gasteiger partial charge in [0.05, 0.1) is 23.4 Å². The SMILES string of the molecule is CC.CCN[C@@H](CCn1cc(-c2cnc(N)c(OC(C)c3c(O)ccc(F)c3Cl)c2)cn1)C(=O)OC(C)(C)C.COCc1ccccc1. The lowest BCUT2D eigenvalue weighted by atomic mass is 10.1. The lowest BCUT2D eigenvalue weighted by Gasteiger charge is -2.24. The van der Waals surface area contributed by atoms with Crippen LogP contribution < -0.4 is 15.8 Å². The highest BCUT2D eigenvalue weighted by Gasteiger charge is 2.25. The number of hydrogen-bond acceptors (Lipinski definition) is 9. The van der Waals surface area contributed by atoms with Gasteiger partial charge in [-0.2, -0.15) is 5.10 Å². The Kier molecular flexibility index (Phi) is 16.3. The zero-order valence-electron chi connectivity index (χ0n) is 29.1. The summed E-state index contributed by atoms with van der Waals surface area (Å²) in [4.78, 5) is 16.7. The van der Waals surface area contributed by atoms with Crippen LogP contribution in [0.4, 0.5) is 10.2 Å². The first-order valence-electron chi connectivity index (χ1n) is 15.9. The van der Waals surface area contributed by atoms with Crippen molar-refractivity contribution in [1.29, 1.82) is 0 Å². The maximum Gasteiger partial charge on any atom is 0.323 e. The molecular formula is C36H49ClFN5O5. The van der Waals surface area contributed by atoms with E-state index in [9.17, 15) is 14.3 Å². The minimum atomic E-state index is -0.805. The fraction of sp³-hybridized carbons (Fsp3) is 0.417. The van der Waals surface area contributed by atoms with Crippen molar-refractivity contribution in [3.8, 4) is 22.6 Å². The predicted octanol–water partition coefficient (Wildman–Crippen LogP) is 7.73. The third-order valence-corrected chi connectivity index (χ3v) is 6.99. The number of esters is 1. The molecule has 1 unspecified atom stereocenters. The van der Waals surface area contributed by atoms with Crippen LogP contribution in [0.1, 0.15) is 72.1 Å². The van der Waals surface area contributed by atoms with E-state index in [4.69, 9.17) is 31.5 Å². The maximum absolute atomic E-state index is 13.9. The van der Waals surface area contributed by atoms with Gasteiger partial charge in [0, 0.05) is 37.2 Å². The van der Waals surface area contributed by atoms with Gasteiger partial charge in [0.15, 0.2) is 11.6 Å². The molecule has 48 heavy (non-hydrogen) atoms. The number of carbonyl (C=O) groups excluding carboxylic acids is 1. The first-order chi connectivity index (χ1) is 22.8. The van der Waals surface area contributed by atoms with Gasteiger partial charge >= 0.3 is 5.97 Å². The molecule has 0 aliphatic carbocycles. The highest BCUT2D eigenvalue weighted by atomic mass is 35.5. The Labute approximate surface area is 288 Å². The molecule has 2 atom stereocenters. The molecule has 4 N–H and O–H groups in total. The van der Waals surface area contributed by atoms with E-state index >= 15 is 0 Å². The number of phenolic OH excluding ortho intramolecular Hbond substituents is 1. The Morgan fingerprint density at radius 1 is 1.12 bits per heavy atom. The topological polar surface area (TPSA) is 134 Å². The number of nitrogens with two attached hydrogens (primary N) is 1. The first-order valence-corrected chi connectivity index (χ1v) is 16.3. The van der Waals surface area contributed by atoms with Crippen LogP contribution >= 0.6 is 11.6 Å². The van der Waals surface area contributed by atoms with Gasteiger partial charge in [0.2, 0.25) is 0 Å².